The van der Waals surface area contributed by atoms with E-state index in [0.29, 0.717) is 38.2 Å². The number of nitrogens with one attached hydrogen (secondary N) is 2. The number of carbonyl (C=O) groups is 1. The van der Waals surface area contributed by atoms with E-state index in [-0.39, 0.29) is 10.9 Å². The van der Waals surface area contributed by atoms with Gasteiger partial charge in [-0.05, 0) is 48.5 Å². The molecular formula is C20H11Cl3FN3O. The van der Waals surface area contributed by atoms with Gasteiger partial charge < -0.3 is 10.3 Å². The normalized spacial score (nSPS) is 11.0. The number of nitrogens with zero attached hydrogens (tertiary/aromatic N) is 1. The van der Waals surface area contributed by atoms with Gasteiger partial charge in [0.05, 0.1) is 26.1 Å². The Balaban J connectivity index is 1.55. The molecule has 3 aromatic carbocycles. The highest BCUT2D eigenvalue weighted by atomic mass is 35.5. The first-order valence-corrected chi connectivity index (χ1v) is 9.26. The van der Waals surface area contributed by atoms with Crippen LogP contribution in [0.2, 0.25) is 15.1 Å². The molecule has 8 heteroatoms. The van der Waals surface area contributed by atoms with Gasteiger partial charge in [0.2, 0.25) is 0 Å². The second-order valence-corrected chi connectivity index (χ2v) is 7.25. The molecule has 0 bridgehead atoms. The minimum Gasteiger partial charge on any atom is -0.338 e. The van der Waals surface area contributed by atoms with Crippen LogP contribution in [0, 0.1) is 5.82 Å². The molecule has 0 saturated heterocycles. The average Bonchev–Trinajstić information content (AvgIpc) is 3.07. The Kier molecular flexibility index (Phi) is 4.98. The van der Waals surface area contributed by atoms with Gasteiger partial charge in [0.1, 0.15) is 11.6 Å². The second kappa shape index (κ2) is 7.43. The van der Waals surface area contributed by atoms with Gasteiger partial charge >= 0.3 is 0 Å². The van der Waals surface area contributed by atoms with Crippen LogP contribution in [0.4, 0.5) is 10.1 Å². The van der Waals surface area contributed by atoms with Gasteiger partial charge in [-0.1, -0.05) is 34.8 Å². The van der Waals surface area contributed by atoms with E-state index < -0.39 is 5.82 Å². The van der Waals surface area contributed by atoms with Crippen LogP contribution in [-0.2, 0) is 0 Å². The third kappa shape index (κ3) is 3.69. The summed E-state index contributed by atoms with van der Waals surface area (Å²) in [6.07, 6.45) is 0. The van der Waals surface area contributed by atoms with Gasteiger partial charge in [0.15, 0.2) is 0 Å². The first kappa shape index (κ1) is 18.7. The summed E-state index contributed by atoms with van der Waals surface area (Å²) in [5.41, 5.74) is 2.90. The van der Waals surface area contributed by atoms with Gasteiger partial charge in [0.25, 0.3) is 5.91 Å². The Morgan fingerprint density at radius 1 is 0.929 bits per heavy atom. The number of aromatic amines is 1. The highest BCUT2D eigenvalue weighted by Gasteiger charge is 2.11. The topological polar surface area (TPSA) is 57.8 Å². The fourth-order valence-electron chi connectivity index (χ4n) is 2.69. The first-order valence-electron chi connectivity index (χ1n) is 8.12. The maximum Gasteiger partial charge on any atom is 0.255 e. The van der Waals surface area contributed by atoms with Gasteiger partial charge in [-0.3, -0.25) is 4.79 Å². The van der Waals surface area contributed by atoms with Crippen molar-refractivity contribution in [3.63, 3.8) is 0 Å². The van der Waals surface area contributed by atoms with Crippen molar-refractivity contribution in [1.82, 2.24) is 9.97 Å². The number of imidazole rings is 1. The van der Waals surface area contributed by atoms with Crippen molar-refractivity contribution in [2.24, 2.45) is 0 Å². The molecule has 1 amide bonds. The Morgan fingerprint density at radius 3 is 2.39 bits per heavy atom. The number of aromatic nitrogens is 2. The van der Waals surface area contributed by atoms with E-state index in [9.17, 15) is 9.18 Å². The maximum atomic E-state index is 13.6. The number of benzene rings is 3. The molecule has 0 radical (unpaired) electrons. The highest BCUT2D eigenvalue weighted by Crippen LogP contribution is 2.26. The summed E-state index contributed by atoms with van der Waals surface area (Å²) in [4.78, 5) is 19.8. The monoisotopic (exact) mass is 433 g/mol. The van der Waals surface area contributed by atoms with Crippen LogP contribution < -0.4 is 5.32 Å². The smallest absolute Gasteiger partial charge is 0.255 e. The summed E-state index contributed by atoms with van der Waals surface area (Å²) in [7, 11) is 0. The third-order valence-corrected chi connectivity index (χ3v) is 5.15. The SMILES string of the molecule is O=C(Nc1ccc(-c2nc3cc(Cl)c(F)cc3[nH]2)cc1)c1ccc(Cl)c(Cl)c1. The molecule has 0 aliphatic heterocycles. The summed E-state index contributed by atoms with van der Waals surface area (Å²) in [5.74, 6) is -0.246. The number of hydrogen-bond acceptors (Lipinski definition) is 2. The fourth-order valence-corrected chi connectivity index (χ4v) is 3.15. The zero-order valence-electron chi connectivity index (χ0n) is 14.1. The molecule has 0 aliphatic rings. The lowest BCUT2D eigenvalue weighted by atomic mass is 10.1. The predicted molar refractivity (Wildman–Crippen MR) is 111 cm³/mol. The Hall–Kier alpha value is -2.60. The quantitative estimate of drug-likeness (QED) is 0.382. The van der Waals surface area contributed by atoms with Crippen molar-refractivity contribution in [3.8, 4) is 11.4 Å². The second-order valence-electron chi connectivity index (χ2n) is 6.03. The lowest BCUT2D eigenvalue weighted by Gasteiger charge is -2.07. The van der Waals surface area contributed by atoms with Gasteiger partial charge in [-0.2, -0.15) is 0 Å². The van der Waals surface area contributed by atoms with E-state index in [1.165, 1.54) is 18.2 Å². The molecule has 0 fully saturated rings. The predicted octanol–water partition coefficient (Wildman–Crippen LogP) is 6.58. The van der Waals surface area contributed by atoms with Crippen molar-refractivity contribution in [3.05, 3.63) is 81.0 Å². The number of hydrogen-bond donors (Lipinski definition) is 2. The van der Waals surface area contributed by atoms with Crippen molar-refractivity contribution in [1.29, 1.82) is 0 Å². The van der Waals surface area contributed by atoms with Gasteiger partial charge in [0, 0.05) is 22.9 Å². The molecule has 4 aromatic rings. The minimum absolute atomic E-state index is 0.0194. The highest BCUT2D eigenvalue weighted by molar-refractivity contribution is 6.42. The number of fused-ring (bicyclic) bond motifs is 1. The van der Waals surface area contributed by atoms with Crippen LogP contribution in [0.1, 0.15) is 10.4 Å². The number of halogens is 4. The van der Waals surface area contributed by atoms with Crippen LogP contribution in [0.15, 0.2) is 54.6 Å². The van der Waals surface area contributed by atoms with E-state index in [1.54, 1.807) is 36.4 Å². The van der Waals surface area contributed by atoms with Crippen LogP contribution in [0.25, 0.3) is 22.4 Å². The van der Waals surface area contributed by atoms with Crippen molar-refractivity contribution in [2.75, 3.05) is 5.32 Å². The van der Waals surface area contributed by atoms with Crippen LogP contribution >= 0.6 is 34.8 Å². The first-order chi connectivity index (χ1) is 13.4. The zero-order chi connectivity index (χ0) is 19.8. The maximum absolute atomic E-state index is 13.6. The number of amides is 1. The van der Waals surface area contributed by atoms with E-state index in [2.05, 4.69) is 15.3 Å². The molecule has 4 nitrogen and oxygen atoms in total. The minimum atomic E-state index is -0.510. The molecule has 4 rings (SSSR count). The van der Waals surface area contributed by atoms with Crippen LogP contribution in [0.5, 0.6) is 0 Å². The van der Waals surface area contributed by atoms with Crippen molar-refractivity contribution < 1.29 is 9.18 Å². The number of carbonyl (C=O) groups excluding carboxylic acids is 1. The van der Waals surface area contributed by atoms with Crippen LogP contribution in [0.3, 0.4) is 0 Å². The lowest BCUT2D eigenvalue weighted by molar-refractivity contribution is 0.102. The summed E-state index contributed by atoms with van der Waals surface area (Å²) < 4.78 is 13.6. The molecule has 28 heavy (non-hydrogen) atoms. The number of H-pyrrole nitrogens is 1. The fraction of sp³-hybridized carbons (Fsp3) is 0. The summed E-state index contributed by atoms with van der Waals surface area (Å²) >= 11 is 17.6. The molecule has 0 atom stereocenters. The molecule has 0 unspecified atom stereocenters. The number of anilines is 1. The lowest BCUT2D eigenvalue weighted by Crippen LogP contribution is -2.11. The number of rotatable bonds is 3. The van der Waals surface area contributed by atoms with E-state index in [0.717, 1.165) is 5.56 Å². The Bertz CT molecular complexity index is 1170. The molecule has 1 aromatic heterocycles. The van der Waals surface area contributed by atoms with E-state index in [1.807, 2.05) is 0 Å². The van der Waals surface area contributed by atoms with Gasteiger partial charge in [-0.15, -0.1) is 0 Å². The molecule has 0 saturated carbocycles. The van der Waals surface area contributed by atoms with E-state index >= 15 is 0 Å². The standard InChI is InChI=1S/C20H11Cl3FN3O/c21-13-6-3-11(7-14(13)22)20(28)25-12-4-1-10(2-5-12)19-26-17-8-15(23)16(24)9-18(17)27-19/h1-9H,(H,25,28)(H,26,27). The van der Waals surface area contributed by atoms with Crippen LogP contribution in [-0.4, -0.2) is 15.9 Å². The van der Waals surface area contributed by atoms with E-state index in [4.69, 9.17) is 34.8 Å². The summed E-state index contributed by atoms with van der Waals surface area (Å²) in [6.45, 7) is 0. The largest absolute Gasteiger partial charge is 0.338 e. The molecule has 1 heterocycles. The van der Waals surface area contributed by atoms with Gasteiger partial charge in [-0.25, -0.2) is 9.37 Å². The third-order valence-electron chi connectivity index (χ3n) is 4.12. The Labute approximate surface area is 174 Å². The molecule has 140 valence electrons. The summed E-state index contributed by atoms with van der Waals surface area (Å²) in [5, 5.41) is 3.50. The van der Waals surface area contributed by atoms with Crippen molar-refractivity contribution in [2.45, 2.75) is 0 Å². The zero-order valence-corrected chi connectivity index (χ0v) is 16.3. The summed E-state index contributed by atoms with van der Waals surface area (Å²) in [6, 6.07) is 14.5. The molecule has 0 spiro atoms. The van der Waals surface area contributed by atoms with Crippen molar-refractivity contribution >= 4 is 57.4 Å². The molecular weight excluding hydrogens is 424 g/mol. The molecule has 2 N–H and O–H groups in total. The molecule has 0 aliphatic carbocycles. The Morgan fingerprint density at radius 2 is 1.68 bits per heavy atom. The average molecular weight is 435 g/mol.